The van der Waals surface area contributed by atoms with Gasteiger partial charge in [0.15, 0.2) is 5.78 Å². The van der Waals surface area contributed by atoms with Gasteiger partial charge in [-0.05, 0) is 139 Å². The Morgan fingerprint density at radius 3 is 2.24 bits per heavy atom. The number of carbonyl (C=O) groups is 3. The predicted octanol–water partition coefficient (Wildman–Crippen LogP) is 10.5. The molecule has 1 aromatic carbocycles. The summed E-state index contributed by atoms with van der Waals surface area (Å²) in [6.45, 7) is 21.0. The standard InChI is InChI=1S/C43H55NO4S/c1-25(2)29-15-20-43(35(46)23-36-44-24-32(49-36)26(3)45)22-21-41(7)31(37(29)43)13-14-34-40(6)18-16-30(27-9-11-28(12-10-27)38(47)48)39(4,5)33(40)17-19-42(34,41)8/h9-12,16,24,29,31,33-34,37H,1,13-15,17-23H2,2-8H3,(H,47,48)/t29-,31+,33-,34+,37+,40-,41+,42+,43+/m0/s1. The Bertz CT molecular complexity index is 1750. The maximum absolute atomic E-state index is 14.6. The van der Waals surface area contributed by atoms with Crippen LogP contribution in [0.15, 0.2) is 48.7 Å². The van der Waals surface area contributed by atoms with Crippen molar-refractivity contribution in [2.45, 2.75) is 113 Å². The third kappa shape index (κ3) is 4.88. The molecule has 0 bridgehead atoms. The van der Waals surface area contributed by atoms with Gasteiger partial charge in [0.25, 0.3) is 0 Å². The van der Waals surface area contributed by atoms with Crippen LogP contribution in [-0.2, 0) is 11.2 Å². The summed E-state index contributed by atoms with van der Waals surface area (Å²) >= 11 is 1.39. The van der Waals surface area contributed by atoms with Crippen molar-refractivity contribution >= 4 is 34.4 Å². The fourth-order valence-corrected chi connectivity index (χ4v) is 14.2. The van der Waals surface area contributed by atoms with Gasteiger partial charge in [-0.25, -0.2) is 9.78 Å². The van der Waals surface area contributed by atoms with Crippen LogP contribution < -0.4 is 0 Å². The van der Waals surface area contributed by atoms with Gasteiger partial charge in [-0.3, -0.25) is 9.59 Å². The van der Waals surface area contributed by atoms with Crippen LogP contribution >= 0.6 is 11.3 Å². The molecule has 1 heterocycles. The van der Waals surface area contributed by atoms with Gasteiger partial charge in [0.1, 0.15) is 10.8 Å². The zero-order chi connectivity index (χ0) is 35.3. The van der Waals surface area contributed by atoms with Crippen LogP contribution in [0.2, 0.25) is 0 Å². The molecule has 262 valence electrons. The molecule has 5 aliphatic carbocycles. The van der Waals surface area contributed by atoms with Gasteiger partial charge in [0.05, 0.1) is 16.9 Å². The molecule has 1 N–H and O–H groups in total. The van der Waals surface area contributed by atoms with Crippen molar-refractivity contribution in [3.63, 3.8) is 0 Å². The average molecular weight is 682 g/mol. The molecule has 9 atom stereocenters. The normalized spacial score (nSPS) is 39.1. The molecule has 4 fully saturated rings. The predicted molar refractivity (Wildman–Crippen MR) is 197 cm³/mol. The summed E-state index contributed by atoms with van der Waals surface area (Å²) in [4.78, 5) is 43.3. The maximum atomic E-state index is 14.6. The number of benzene rings is 1. The number of allylic oxidation sites excluding steroid dienone is 3. The van der Waals surface area contributed by atoms with E-state index in [-0.39, 0.29) is 32.9 Å². The van der Waals surface area contributed by atoms with Gasteiger partial charge in [-0.15, -0.1) is 11.3 Å². The molecule has 2 aromatic rings. The van der Waals surface area contributed by atoms with Crippen LogP contribution in [0, 0.1) is 56.7 Å². The summed E-state index contributed by atoms with van der Waals surface area (Å²) in [5.41, 5.74) is 4.21. The van der Waals surface area contributed by atoms with E-state index in [1.54, 1.807) is 25.3 Å². The average Bonchev–Trinajstić information content (AvgIpc) is 3.67. The summed E-state index contributed by atoms with van der Waals surface area (Å²) in [5.74, 6) is 1.78. The number of fused-ring (bicyclic) bond motifs is 7. The SMILES string of the molecule is C=C(C)[C@@H]1CC[C@]2(C(=O)Cc3ncc(C(C)=O)s3)CC[C@]3(C)[C@H](CC[C@@H]4[C@@]5(C)CC=C(c6ccc(C(=O)O)cc6)C(C)(C)[C@@H]5CC[C@]43C)[C@@H]12. The highest BCUT2D eigenvalue weighted by Crippen LogP contribution is 2.78. The maximum Gasteiger partial charge on any atom is 0.335 e. The lowest BCUT2D eigenvalue weighted by Crippen LogP contribution is -2.66. The first-order valence-electron chi connectivity index (χ1n) is 18.7. The van der Waals surface area contributed by atoms with Crippen molar-refractivity contribution in [2.75, 3.05) is 0 Å². The van der Waals surface area contributed by atoms with Crippen molar-refractivity contribution in [1.82, 2.24) is 4.98 Å². The van der Waals surface area contributed by atoms with Gasteiger partial charge >= 0.3 is 5.97 Å². The number of aromatic carboxylic acids is 1. The number of carboxylic acids is 1. The summed E-state index contributed by atoms with van der Waals surface area (Å²) in [7, 11) is 0. The van der Waals surface area contributed by atoms with Crippen LogP contribution in [0.3, 0.4) is 0 Å². The number of thiazole rings is 1. The van der Waals surface area contributed by atoms with Crippen LogP contribution in [0.1, 0.15) is 137 Å². The molecule has 0 saturated heterocycles. The van der Waals surface area contributed by atoms with Crippen molar-refractivity contribution in [3.05, 3.63) is 69.7 Å². The fraction of sp³-hybridized carbons (Fsp3) is 0.628. The van der Waals surface area contributed by atoms with Gasteiger partial charge in [-0.2, -0.15) is 0 Å². The molecule has 1 aromatic heterocycles. The Morgan fingerprint density at radius 1 is 0.898 bits per heavy atom. The number of carbonyl (C=O) groups excluding carboxylic acids is 2. The second-order valence-electron chi connectivity index (χ2n) is 18.0. The second kappa shape index (κ2) is 11.6. The van der Waals surface area contributed by atoms with E-state index in [4.69, 9.17) is 0 Å². The molecule has 0 aliphatic heterocycles. The zero-order valence-electron chi connectivity index (χ0n) is 30.7. The summed E-state index contributed by atoms with van der Waals surface area (Å²) in [5, 5.41) is 10.3. The highest BCUT2D eigenvalue weighted by molar-refractivity contribution is 7.13. The molecule has 0 radical (unpaired) electrons. The Balaban J connectivity index is 1.21. The Morgan fingerprint density at radius 2 is 1.61 bits per heavy atom. The molecule has 0 amide bonds. The van der Waals surface area contributed by atoms with Crippen molar-refractivity contribution in [1.29, 1.82) is 0 Å². The third-order valence-corrected chi connectivity index (χ3v) is 17.0. The van der Waals surface area contributed by atoms with E-state index in [0.29, 0.717) is 52.2 Å². The minimum absolute atomic E-state index is 0.0137. The first kappa shape index (κ1) is 34.6. The Kier molecular flexibility index (Phi) is 8.17. The lowest BCUT2D eigenvalue weighted by atomic mass is 9.32. The molecule has 0 spiro atoms. The van der Waals surface area contributed by atoms with E-state index in [2.05, 4.69) is 59.2 Å². The molecule has 0 unspecified atom stereocenters. The summed E-state index contributed by atoms with van der Waals surface area (Å²) in [6.07, 6.45) is 14.3. The zero-order valence-corrected chi connectivity index (χ0v) is 31.5. The topological polar surface area (TPSA) is 84.3 Å². The third-order valence-electron chi connectivity index (χ3n) is 15.9. The number of Topliss-reactive ketones (excluding diaryl/α,β-unsaturated/α-hetero) is 2. The monoisotopic (exact) mass is 681 g/mol. The smallest absolute Gasteiger partial charge is 0.335 e. The fourth-order valence-electron chi connectivity index (χ4n) is 13.4. The molecule has 7 rings (SSSR count). The number of rotatable bonds is 7. The second-order valence-corrected chi connectivity index (χ2v) is 19.2. The van der Waals surface area contributed by atoms with Crippen molar-refractivity contribution in [2.24, 2.45) is 56.7 Å². The molecule has 49 heavy (non-hydrogen) atoms. The molecule has 6 heteroatoms. The summed E-state index contributed by atoms with van der Waals surface area (Å²) < 4.78 is 0. The molecular formula is C43H55NO4S. The van der Waals surface area contributed by atoms with Crippen molar-refractivity contribution < 1.29 is 19.5 Å². The quantitative estimate of drug-likeness (QED) is 0.232. The van der Waals surface area contributed by atoms with Gasteiger partial charge in [-0.1, -0.05) is 65.0 Å². The molecule has 4 saturated carbocycles. The molecule has 5 aliphatic rings. The van der Waals surface area contributed by atoms with E-state index in [1.807, 2.05) is 12.1 Å². The number of nitrogens with zero attached hydrogens (tertiary/aromatic N) is 1. The molecule has 5 nitrogen and oxygen atoms in total. The Hall–Kier alpha value is -2.86. The lowest BCUT2D eigenvalue weighted by Gasteiger charge is -2.72. The minimum atomic E-state index is -0.883. The number of carboxylic acid groups (broad SMARTS) is 1. The summed E-state index contributed by atoms with van der Waals surface area (Å²) in [6, 6.07) is 7.51. The first-order valence-corrected chi connectivity index (χ1v) is 19.5. The van der Waals surface area contributed by atoms with Crippen molar-refractivity contribution in [3.8, 4) is 0 Å². The highest BCUT2D eigenvalue weighted by atomic mass is 32.1. The number of aromatic nitrogens is 1. The number of hydrogen-bond acceptors (Lipinski definition) is 5. The van der Waals surface area contributed by atoms with Gasteiger partial charge < -0.3 is 5.11 Å². The number of ketones is 2. The van der Waals surface area contributed by atoms with Crippen LogP contribution in [0.5, 0.6) is 0 Å². The van der Waals surface area contributed by atoms with E-state index in [1.165, 1.54) is 48.2 Å². The highest BCUT2D eigenvalue weighted by Gasteiger charge is 2.71. The van der Waals surface area contributed by atoms with E-state index >= 15 is 0 Å². The Labute approximate surface area is 297 Å². The lowest BCUT2D eigenvalue weighted by molar-refractivity contribution is -0.224. The van der Waals surface area contributed by atoms with Gasteiger partial charge in [0, 0.05) is 18.5 Å². The van der Waals surface area contributed by atoms with E-state index < -0.39 is 5.97 Å². The van der Waals surface area contributed by atoms with E-state index in [9.17, 15) is 19.5 Å². The van der Waals surface area contributed by atoms with E-state index in [0.717, 1.165) is 42.7 Å². The number of hydrogen-bond donors (Lipinski definition) is 1. The largest absolute Gasteiger partial charge is 0.478 e. The van der Waals surface area contributed by atoms with Crippen LogP contribution in [0.25, 0.3) is 5.57 Å². The van der Waals surface area contributed by atoms with Crippen LogP contribution in [-0.4, -0.2) is 27.6 Å². The van der Waals surface area contributed by atoms with Gasteiger partial charge in [0.2, 0.25) is 0 Å². The first-order chi connectivity index (χ1) is 23.0. The molecular weight excluding hydrogens is 627 g/mol. The minimum Gasteiger partial charge on any atom is -0.478 e. The van der Waals surface area contributed by atoms with Crippen LogP contribution in [0.4, 0.5) is 0 Å².